The zero-order chi connectivity index (χ0) is 76.2. The molecule has 26 nitrogen and oxygen atoms in total. The Kier molecular flexibility index (Phi) is 29.9. The first-order valence-corrected chi connectivity index (χ1v) is 34.5. The molecule has 3 amide bonds. The maximum atomic E-state index is 12.8. The quantitative estimate of drug-likeness (QED) is 0.0177. The van der Waals surface area contributed by atoms with Crippen molar-refractivity contribution in [2.24, 2.45) is 0 Å². The summed E-state index contributed by atoms with van der Waals surface area (Å²) in [5, 5.41) is 31.3. The summed E-state index contributed by atoms with van der Waals surface area (Å²) in [6.07, 6.45) is 0.199. The normalized spacial score (nSPS) is 17.0. The molecule has 6 aliphatic heterocycles. The van der Waals surface area contributed by atoms with Crippen LogP contribution < -0.4 is 23.2 Å². The van der Waals surface area contributed by atoms with E-state index < -0.39 is 71.5 Å². The summed E-state index contributed by atoms with van der Waals surface area (Å²) >= 11 is -0.782. The lowest BCUT2D eigenvalue weighted by Crippen LogP contribution is -2.53. The summed E-state index contributed by atoms with van der Waals surface area (Å²) in [7, 11) is -4.46. The summed E-state index contributed by atoms with van der Waals surface area (Å²) in [6.45, 7) is 23.4. The van der Waals surface area contributed by atoms with E-state index in [0.717, 1.165) is 12.1 Å². The van der Waals surface area contributed by atoms with Crippen LogP contribution in [0.5, 0.6) is 34.5 Å². The number of para-hydroxylation sites is 1. The van der Waals surface area contributed by atoms with Gasteiger partial charge in [0.05, 0.1) is 18.5 Å². The van der Waals surface area contributed by atoms with Crippen molar-refractivity contribution in [2.75, 3.05) is 70.0 Å². The van der Waals surface area contributed by atoms with Gasteiger partial charge in [-0.2, -0.15) is 25.3 Å². The lowest BCUT2D eigenvalue weighted by Gasteiger charge is -2.44. The minimum Gasteiger partial charge on any atom is -0.507 e. The van der Waals surface area contributed by atoms with Crippen molar-refractivity contribution in [2.45, 2.75) is 173 Å². The van der Waals surface area contributed by atoms with E-state index in [4.69, 9.17) is 43.4 Å². The number of nitrogens with zero attached hydrogens (tertiary/aromatic N) is 4. The lowest BCUT2D eigenvalue weighted by molar-refractivity contribution is -0.440. The number of carbonyl (C=O) groups is 7. The Labute approximate surface area is 592 Å². The summed E-state index contributed by atoms with van der Waals surface area (Å²) in [5.74, 6) is 0.788. The number of piperidine rings is 3. The third-order valence-corrected chi connectivity index (χ3v) is 17.6. The van der Waals surface area contributed by atoms with Crippen LogP contribution in [0.3, 0.4) is 0 Å². The third-order valence-electron chi connectivity index (χ3n) is 15.2. The molecule has 6 heterocycles. The molecule has 0 aliphatic carbocycles. The predicted molar refractivity (Wildman–Crippen MR) is 359 cm³/mol. The number of hydrogen-bond acceptors (Lipinski definition) is 23. The number of carbonyl (C=O) groups excluding carboxylic acids is 7. The number of methoxy groups -OCH3 is 1. The van der Waals surface area contributed by atoms with Gasteiger partial charge in [0, 0.05) is 84.9 Å². The number of likely N-dealkylation sites (tertiary alicyclic amines) is 3. The van der Waals surface area contributed by atoms with E-state index in [1.54, 1.807) is 45.0 Å². The van der Waals surface area contributed by atoms with Crippen LogP contribution in [0.1, 0.15) is 165 Å². The first-order chi connectivity index (χ1) is 47.4. The van der Waals surface area contributed by atoms with Gasteiger partial charge in [-0.1, -0.05) is 36.4 Å². The van der Waals surface area contributed by atoms with E-state index in [0.29, 0.717) is 101 Å². The zero-order valence-corrected chi connectivity index (χ0v) is 60.2. The highest BCUT2D eigenvalue weighted by Gasteiger charge is 2.52. The van der Waals surface area contributed by atoms with Gasteiger partial charge in [0.15, 0.2) is 36.4 Å². The van der Waals surface area contributed by atoms with Crippen molar-refractivity contribution in [3.63, 3.8) is 0 Å². The Bertz CT molecular complexity index is 3580. The number of ketones is 4. The van der Waals surface area contributed by atoms with Gasteiger partial charge in [-0.05, 0) is 144 Å². The molecule has 4 N–H and O–H groups in total. The number of halogens is 6. The molecule has 34 heteroatoms. The predicted octanol–water partition coefficient (Wildman–Crippen LogP) is 13.2. The average Bonchev–Trinajstić information content (AvgIpc) is 0.815. The maximum Gasteiger partial charge on any atom is 0.550 e. The van der Waals surface area contributed by atoms with Gasteiger partial charge < -0.3 is 68.5 Å². The molecular weight excluding hydrogens is 1400 g/mol. The van der Waals surface area contributed by atoms with Crippen molar-refractivity contribution in [3.8, 4) is 34.5 Å². The molecule has 2 spiro atoms. The topological polar surface area (TPSA) is 322 Å². The minimum absolute atomic E-state index is 0.00586. The highest BCUT2D eigenvalue weighted by atomic mass is 32.3. The molecule has 0 radical (unpaired) electrons. The van der Waals surface area contributed by atoms with Gasteiger partial charge in [-0.25, -0.2) is 14.4 Å². The van der Waals surface area contributed by atoms with E-state index in [1.165, 1.54) is 82.4 Å². The number of anilines is 1. The molecule has 102 heavy (non-hydrogen) atoms. The second-order valence-corrected chi connectivity index (χ2v) is 29.6. The number of hydrogen-bond donors (Lipinski definition) is 4. The van der Waals surface area contributed by atoms with Crippen molar-refractivity contribution in [1.29, 1.82) is 0 Å². The fourth-order valence-electron chi connectivity index (χ4n) is 10.4. The van der Waals surface area contributed by atoms with Crippen LogP contribution in [-0.4, -0.2) is 186 Å². The number of sulfonamides is 1. The van der Waals surface area contributed by atoms with E-state index in [1.807, 2.05) is 62.3 Å². The van der Waals surface area contributed by atoms with Crippen LogP contribution in [0.25, 0.3) is 0 Å². The molecule has 0 unspecified atom stereocenters. The number of ether oxygens (including phenoxy) is 7. The van der Waals surface area contributed by atoms with Crippen LogP contribution >= 0.6 is 12.2 Å². The Hall–Kier alpha value is -8.31. The van der Waals surface area contributed by atoms with Gasteiger partial charge in [0.25, 0.3) is 0 Å². The Morgan fingerprint density at radius 1 is 0.588 bits per heavy atom. The van der Waals surface area contributed by atoms with Gasteiger partial charge in [0.1, 0.15) is 85.0 Å². The Morgan fingerprint density at radius 2 is 1.00 bits per heavy atom. The fourth-order valence-corrected chi connectivity index (χ4v) is 12.0. The standard InChI is InChI=1S/C20H27NO6.C18H23NO5.C10H17NO3.C8H5F6NO4S2.C8H8O3.C4H9N/c1-19(2,3)27-18(23)21-10-8-20(9-11-21)12-14(22)17-15(25-13-24-4)6-5-7-16(17)26-20;1-17(2,3)24-16(22)19-9-7-18(8-10-19)11-13(21)15-12(20)5-4-6-14(15)23-18;1-10(2,3)14-9(13)11-6-4-8(12)5-7-11;9-7(10,11)18-19-20-15(6-4-2-1-3-5-6)21(16,17)8(12,13)14;1-5(9)8-6(10)3-2-4-7(8)11;1-2-4-5-3-1/h5-7H,8-13H2,1-4H3;4-6,20H,7-11H2,1-3H3;4-7H2,1-3H3;1-5H;2-4,10-11H,1H3;5H,1-4H2. The van der Waals surface area contributed by atoms with Crippen molar-refractivity contribution in [3.05, 3.63) is 102 Å². The van der Waals surface area contributed by atoms with Crippen LogP contribution in [0, 0.1) is 0 Å². The molecule has 4 aromatic carbocycles. The monoisotopic (exact) mass is 1490 g/mol. The number of nitrogens with one attached hydrogen (secondary N) is 1. The number of phenolic OH excluding ortho intramolecular Hbond substituents is 3. The third kappa shape index (κ3) is 26.2. The van der Waals surface area contributed by atoms with E-state index in [2.05, 4.69) is 14.5 Å². The number of benzene rings is 4. The average molecular weight is 1490 g/mol. The fraction of sp³-hybridized carbons (Fsp3) is 0.544. The maximum absolute atomic E-state index is 12.8. The molecule has 0 atom stereocenters. The second-order valence-electron chi connectivity index (χ2n) is 26.9. The number of amides is 3. The Balaban J connectivity index is 0.000000232. The number of phenols is 3. The molecule has 10 rings (SSSR count). The van der Waals surface area contributed by atoms with Crippen molar-refractivity contribution in [1.82, 2.24) is 20.0 Å². The first kappa shape index (κ1) is 84.3. The molecule has 0 aromatic heterocycles. The number of Topliss-reactive ketones (excluding diaryl/α,β-unsaturated/α-hetero) is 4. The van der Waals surface area contributed by atoms with Crippen molar-refractivity contribution >= 4 is 69.4 Å². The van der Waals surface area contributed by atoms with Gasteiger partial charge in [-0.15, -0.1) is 22.4 Å². The molecule has 0 bridgehead atoms. The summed E-state index contributed by atoms with van der Waals surface area (Å²) in [5.41, 5.74) is -8.30. The summed E-state index contributed by atoms with van der Waals surface area (Å²) in [4.78, 5) is 90.6. The number of rotatable bonds is 9. The summed E-state index contributed by atoms with van der Waals surface area (Å²) < 4.78 is 137. The second kappa shape index (κ2) is 36.2. The van der Waals surface area contributed by atoms with Crippen LogP contribution in [0.2, 0.25) is 0 Å². The molecular formula is C68H89F6N5O21S2. The molecule has 566 valence electrons. The van der Waals surface area contributed by atoms with E-state index in [9.17, 15) is 73.4 Å². The Morgan fingerprint density at radius 3 is 1.39 bits per heavy atom. The number of fused-ring (bicyclic) bond motifs is 2. The molecule has 4 fully saturated rings. The van der Waals surface area contributed by atoms with Gasteiger partial charge >= 0.3 is 40.2 Å². The minimum atomic E-state index is -5.99. The molecule has 4 aromatic rings. The summed E-state index contributed by atoms with van der Waals surface area (Å²) in [6, 6.07) is 19.9. The molecule has 6 aliphatic rings. The SMILES string of the molecule is C1CCNC1.CC(=O)c1c(O)cccc1O.CC(C)(C)OC(=O)N1CCC(=O)CC1.CC(C)(C)OC(=O)N1CCC2(CC1)CC(=O)c1c(O)cccc1O2.COCOc1cccc2c1C(=O)CC1(CCN(C(=O)OC(C)(C)C)CC1)O2.O=S(=O)(N(SOOC(F)(F)F)c1ccccc1)C(F)(F)F. The van der Waals surface area contributed by atoms with Gasteiger partial charge in [-0.3, -0.25) is 19.2 Å². The molecule has 0 saturated carbocycles. The first-order valence-electron chi connectivity index (χ1n) is 32.3. The highest BCUT2D eigenvalue weighted by Crippen LogP contribution is 2.45. The smallest absolute Gasteiger partial charge is 0.507 e. The molecule has 4 saturated heterocycles. The number of alkyl halides is 6. The van der Waals surface area contributed by atoms with Crippen LogP contribution in [0.4, 0.5) is 46.4 Å². The van der Waals surface area contributed by atoms with Crippen LogP contribution in [-0.2, 0) is 43.0 Å². The lowest BCUT2D eigenvalue weighted by atomic mass is 9.82. The van der Waals surface area contributed by atoms with E-state index >= 15 is 0 Å². The van der Waals surface area contributed by atoms with Crippen LogP contribution in [0.15, 0.2) is 84.9 Å². The van der Waals surface area contributed by atoms with Crippen molar-refractivity contribution < 1.29 is 126 Å². The number of aromatic hydroxyl groups is 3. The zero-order valence-electron chi connectivity index (χ0n) is 58.6. The largest absolute Gasteiger partial charge is 0.550 e. The highest BCUT2D eigenvalue weighted by molar-refractivity contribution is 8.12. The van der Waals surface area contributed by atoms with Gasteiger partial charge in [0.2, 0.25) is 0 Å². The van der Waals surface area contributed by atoms with E-state index in [-0.39, 0.29) is 89.4 Å².